The zero-order valence-electron chi connectivity index (χ0n) is 7.68. The molecule has 1 heterocycles. The van der Waals surface area contributed by atoms with Gasteiger partial charge in [-0.1, -0.05) is 6.07 Å². The van der Waals surface area contributed by atoms with Crippen molar-refractivity contribution in [2.45, 2.75) is 12.6 Å². The van der Waals surface area contributed by atoms with Crippen LogP contribution in [0.3, 0.4) is 0 Å². The lowest BCUT2D eigenvalue weighted by atomic mass is 10.2. The van der Waals surface area contributed by atoms with Crippen molar-refractivity contribution in [2.75, 3.05) is 5.75 Å². The van der Waals surface area contributed by atoms with Crippen molar-refractivity contribution in [1.29, 1.82) is 0 Å². The SMILES string of the molecule is NC(CS)C(=O)NCc1cccnc1. The second-order valence-corrected chi connectivity index (χ2v) is 3.23. The topological polar surface area (TPSA) is 68.0 Å². The van der Waals surface area contributed by atoms with Crippen molar-refractivity contribution in [3.05, 3.63) is 30.1 Å². The van der Waals surface area contributed by atoms with Crippen LogP contribution in [-0.4, -0.2) is 22.7 Å². The van der Waals surface area contributed by atoms with Gasteiger partial charge in [-0.2, -0.15) is 12.6 Å². The molecule has 0 aliphatic heterocycles. The van der Waals surface area contributed by atoms with Gasteiger partial charge in [0.2, 0.25) is 5.91 Å². The van der Waals surface area contributed by atoms with E-state index in [9.17, 15) is 4.79 Å². The summed E-state index contributed by atoms with van der Waals surface area (Å²) < 4.78 is 0. The molecular formula is C9H13N3OS. The number of nitrogens with two attached hydrogens (primary N) is 1. The number of aromatic nitrogens is 1. The van der Waals surface area contributed by atoms with E-state index >= 15 is 0 Å². The van der Waals surface area contributed by atoms with Crippen LogP contribution < -0.4 is 11.1 Å². The van der Waals surface area contributed by atoms with Crippen LogP contribution in [0.15, 0.2) is 24.5 Å². The Hall–Kier alpha value is -1.07. The molecule has 0 aliphatic carbocycles. The second-order valence-electron chi connectivity index (χ2n) is 2.87. The van der Waals surface area contributed by atoms with Crippen LogP contribution in [0.4, 0.5) is 0 Å². The van der Waals surface area contributed by atoms with Crippen LogP contribution in [0.5, 0.6) is 0 Å². The minimum atomic E-state index is -0.546. The predicted molar refractivity (Wildman–Crippen MR) is 57.9 cm³/mol. The summed E-state index contributed by atoms with van der Waals surface area (Å²) in [5, 5.41) is 2.70. The molecule has 3 N–H and O–H groups in total. The molecule has 76 valence electrons. The highest BCUT2D eigenvalue weighted by molar-refractivity contribution is 7.80. The monoisotopic (exact) mass is 211 g/mol. The van der Waals surface area contributed by atoms with Crippen molar-refractivity contribution < 1.29 is 4.79 Å². The van der Waals surface area contributed by atoms with Crippen LogP contribution in [0, 0.1) is 0 Å². The largest absolute Gasteiger partial charge is 0.351 e. The lowest BCUT2D eigenvalue weighted by Crippen LogP contribution is -2.41. The Morgan fingerprint density at radius 2 is 2.50 bits per heavy atom. The molecule has 5 heteroatoms. The van der Waals surface area contributed by atoms with Gasteiger partial charge in [0.15, 0.2) is 0 Å². The Labute approximate surface area is 88.3 Å². The molecule has 0 bridgehead atoms. The van der Waals surface area contributed by atoms with Gasteiger partial charge in [0.05, 0.1) is 6.04 Å². The summed E-state index contributed by atoms with van der Waals surface area (Å²) in [7, 11) is 0. The van der Waals surface area contributed by atoms with E-state index in [2.05, 4.69) is 22.9 Å². The van der Waals surface area contributed by atoms with Crippen molar-refractivity contribution >= 4 is 18.5 Å². The highest BCUT2D eigenvalue weighted by atomic mass is 32.1. The molecule has 14 heavy (non-hydrogen) atoms. The van der Waals surface area contributed by atoms with E-state index in [-0.39, 0.29) is 5.91 Å². The van der Waals surface area contributed by atoms with Gasteiger partial charge in [-0.15, -0.1) is 0 Å². The molecule has 1 rings (SSSR count). The number of nitrogens with one attached hydrogen (secondary N) is 1. The molecule has 0 fully saturated rings. The maximum Gasteiger partial charge on any atom is 0.238 e. The number of hydrogen-bond donors (Lipinski definition) is 3. The minimum Gasteiger partial charge on any atom is -0.351 e. The number of rotatable bonds is 4. The summed E-state index contributed by atoms with van der Waals surface area (Å²) in [6.45, 7) is 0.453. The average molecular weight is 211 g/mol. The fraction of sp³-hybridized carbons (Fsp3) is 0.333. The smallest absolute Gasteiger partial charge is 0.238 e. The van der Waals surface area contributed by atoms with Crippen LogP contribution in [0.2, 0.25) is 0 Å². The molecular weight excluding hydrogens is 198 g/mol. The standard InChI is InChI=1S/C9H13N3OS/c10-8(6-14)9(13)12-5-7-2-1-3-11-4-7/h1-4,8,14H,5-6,10H2,(H,12,13). The Kier molecular flexibility index (Phi) is 4.42. The van der Waals surface area contributed by atoms with E-state index in [0.717, 1.165) is 5.56 Å². The highest BCUT2D eigenvalue weighted by Gasteiger charge is 2.09. The number of nitrogens with zero attached hydrogens (tertiary/aromatic N) is 1. The Morgan fingerprint density at radius 3 is 3.07 bits per heavy atom. The molecule has 0 aliphatic rings. The van der Waals surface area contributed by atoms with E-state index in [1.807, 2.05) is 12.1 Å². The molecule has 1 amide bonds. The lowest BCUT2D eigenvalue weighted by molar-refractivity contribution is -0.122. The summed E-state index contributed by atoms with van der Waals surface area (Å²) in [4.78, 5) is 15.2. The minimum absolute atomic E-state index is 0.191. The predicted octanol–water partition coefficient (Wildman–Crippen LogP) is -0.0451. The number of amides is 1. The third-order valence-corrected chi connectivity index (χ3v) is 2.12. The molecule has 0 saturated carbocycles. The fourth-order valence-corrected chi connectivity index (χ4v) is 1.07. The van der Waals surface area contributed by atoms with Gasteiger partial charge in [-0.25, -0.2) is 0 Å². The fourth-order valence-electron chi connectivity index (χ4n) is 0.906. The summed E-state index contributed by atoms with van der Waals surface area (Å²) in [6.07, 6.45) is 3.39. The molecule has 1 unspecified atom stereocenters. The maximum atomic E-state index is 11.2. The zero-order valence-corrected chi connectivity index (χ0v) is 8.58. The number of carbonyl (C=O) groups excluding carboxylic acids is 1. The van der Waals surface area contributed by atoms with E-state index in [0.29, 0.717) is 12.3 Å². The molecule has 4 nitrogen and oxygen atoms in total. The second kappa shape index (κ2) is 5.62. The van der Waals surface area contributed by atoms with Crippen molar-refractivity contribution in [3.8, 4) is 0 Å². The van der Waals surface area contributed by atoms with Gasteiger partial charge in [0.1, 0.15) is 0 Å². The molecule has 0 spiro atoms. The average Bonchev–Trinajstić information content (AvgIpc) is 2.26. The van der Waals surface area contributed by atoms with Gasteiger partial charge in [-0.3, -0.25) is 9.78 Å². The Bertz CT molecular complexity index is 291. The molecule has 0 aromatic carbocycles. The first kappa shape index (κ1) is 11.0. The normalized spacial score (nSPS) is 12.1. The molecule has 1 aromatic rings. The Balaban J connectivity index is 2.38. The van der Waals surface area contributed by atoms with Crippen molar-refractivity contribution in [1.82, 2.24) is 10.3 Å². The third-order valence-electron chi connectivity index (χ3n) is 1.72. The lowest BCUT2D eigenvalue weighted by Gasteiger charge is -2.09. The summed E-state index contributed by atoms with van der Waals surface area (Å²) in [5.74, 6) is 0.155. The number of thiol groups is 1. The zero-order chi connectivity index (χ0) is 10.4. The van der Waals surface area contributed by atoms with E-state index in [4.69, 9.17) is 5.73 Å². The van der Waals surface area contributed by atoms with Crippen LogP contribution in [-0.2, 0) is 11.3 Å². The molecule has 1 atom stereocenters. The Morgan fingerprint density at radius 1 is 1.71 bits per heavy atom. The van der Waals surface area contributed by atoms with Gasteiger partial charge in [-0.05, 0) is 11.6 Å². The van der Waals surface area contributed by atoms with Gasteiger partial charge >= 0.3 is 0 Å². The number of hydrogen-bond acceptors (Lipinski definition) is 4. The van der Waals surface area contributed by atoms with Gasteiger partial charge < -0.3 is 11.1 Å². The van der Waals surface area contributed by atoms with Crippen molar-refractivity contribution in [3.63, 3.8) is 0 Å². The number of carbonyl (C=O) groups is 1. The van der Waals surface area contributed by atoms with E-state index in [1.54, 1.807) is 12.4 Å². The highest BCUT2D eigenvalue weighted by Crippen LogP contribution is 1.94. The molecule has 1 aromatic heterocycles. The van der Waals surface area contributed by atoms with Crippen LogP contribution in [0.25, 0.3) is 0 Å². The maximum absolute atomic E-state index is 11.2. The molecule has 0 radical (unpaired) electrons. The first-order chi connectivity index (χ1) is 6.74. The first-order valence-corrected chi connectivity index (χ1v) is 4.90. The third kappa shape index (κ3) is 3.35. The van der Waals surface area contributed by atoms with Crippen LogP contribution in [0.1, 0.15) is 5.56 Å². The first-order valence-electron chi connectivity index (χ1n) is 4.27. The van der Waals surface area contributed by atoms with E-state index in [1.165, 1.54) is 0 Å². The summed E-state index contributed by atoms with van der Waals surface area (Å²) in [5.41, 5.74) is 6.43. The van der Waals surface area contributed by atoms with Crippen molar-refractivity contribution in [2.24, 2.45) is 5.73 Å². The molecule has 0 saturated heterocycles. The van der Waals surface area contributed by atoms with E-state index < -0.39 is 6.04 Å². The summed E-state index contributed by atoms with van der Waals surface area (Å²) >= 11 is 3.94. The van der Waals surface area contributed by atoms with Crippen LogP contribution >= 0.6 is 12.6 Å². The quantitative estimate of drug-likeness (QED) is 0.612. The number of pyridine rings is 1. The van der Waals surface area contributed by atoms with Gasteiger partial charge in [0.25, 0.3) is 0 Å². The summed E-state index contributed by atoms with van der Waals surface area (Å²) in [6, 6.07) is 3.16. The van der Waals surface area contributed by atoms with Gasteiger partial charge in [0, 0.05) is 24.7 Å².